The van der Waals surface area contributed by atoms with Crippen LogP contribution in [0.1, 0.15) is 46.0 Å². The van der Waals surface area contributed by atoms with Gasteiger partial charge in [0.2, 0.25) is 5.91 Å². The van der Waals surface area contributed by atoms with Crippen LogP contribution in [-0.4, -0.2) is 48.4 Å². The van der Waals surface area contributed by atoms with Crippen molar-refractivity contribution < 1.29 is 24.2 Å². The van der Waals surface area contributed by atoms with Gasteiger partial charge in [-0.15, -0.1) is 0 Å². The van der Waals surface area contributed by atoms with Crippen LogP contribution in [0.5, 0.6) is 0 Å². The van der Waals surface area contributed by atoms with Crippen molar-refractivity contribution >= 4 is 11.9 Å². The third kappa shape index (κ3) is 2.79. The van der Waals surface area contributed by atoms with Gasteiger partial charge in [-0.1, -0.05) is 13.8 Å². The first kappa shape index (κ1) is 16.2. The van der Waals surface area contributed by atoms with E-state index in [4.69, 9.17) is 14.6 Å². The lowest BCUT2D eigenvalue weighted by Gasteiger charge is -2.55. The average Bonchev–Trinajstić information content (AvgIpc) is 2.94. The number of hydrogen-bond acceptors (Lipinski definition) is 4. The van der Waals surface area contributed by atoms with Gasteiger partial charge in [0, 0.05) is 18.6 Å². The van der Waals surface area contributed by atoms with E-state index in [0.717, 1.165) is 19.3 Å². The first-order chi connectivity index (χ1) is 9.98. The number of aliphatic carboxylic acids is 1. The Bertz CT molecular complexity index is 407. The molecule has 6 heteroatoms. The fraction of sp³-hybridized carbons (Fsp3) is 0.867. The average molecular weight is 299 g/mol. The number of methoxy groups -OCH3 is 1. The lowest BCUT2D eigenvalue weighted by Crippen LogP contribution is -2.65. The summed E-state index contributed by atoms with van der Waals surface area (Å²) in [5.74, 6) is -1.19. The van der Waals surface area contributed by atoms with Crippen LogP contribution in [0.4, 0.5) is 0 Å². The van der Waals surface area contributed by atoms with Gasteiger partial charge in [-0.05, 0) is 32.1 Å². The standard InChI is InChI=1S/C15H25NO5/c1-4-15(5-2)11(8-12(15)20-3)16-13(17)9-6-7-10(21-9)14(18)19/h9-12H,4-8H2,1-3H3,(H,16,17)(H,18,19)/t9-,10+,11?,12?/m0/s1. The molecule has 4 atom stereocenters. The van der Waals surface area contributed by atoms with E-state index in [1.165, 1.54) is 0 Å². The normalized spacial score (nSPS) is 34.2. The maximum atomic E-state index is 12.3. The molecule has 120 valence electrons. The zero-order chi connectivity index (χ0) is 15.6. The van der Waals surface area contributed by atoms with Crippen molar-refractivity contribution in [2.75, 3.05) is 7.11 Å². The lowest BCUT2D eigenvalue weighted by molar-refractivity contribution is -0.155. The summed E-state index contributed by atoms with van der Waals surface area (Å²) in [7, 11) is 1.71. The predicted molar refractivity (Wildman–Crippen MR) is 75.9 cm³/mol. The van der Waals surface area contributed by atoms with Crippen molar-refractivity contribution in [3.05, 3.63) is 0 Å². The molecule has 1 saturated carbocycles. The minimum atomic E-state index is -0.996. The highest BCUT2D eigenvalue weighted by Gasteiger charge is 2.54. The number of carbonyl (C=O) groups excluding carboxylic acids is 1. The van der Waals surface area contributed by atoms with Gasteiger partial charge in [0.15, 0.2) is 6.10 Å². The molecule has 0 bridgehead atoms. The van der Waals surface area contributed by atoms with Crippen LogP contribution in [0, 0.1) is 5.41 Å². The molecule has 6 nitrogen and oxygen atoms in total. The molecule has 1 saturated heterocycles. The van der Waals surface area contributed by atoms with E-state index in [9.17, 15) is 9.59 Å². The van der Waals surface area contributed by atoms with Gasteiger partial charge in [0.05, 0.1) is 6.10 Å². The molecule has 2 rings (SSSR count). The number of nitrogens with one attached hydrogen (secondary N) is 1. The Morgan fingerprint density at radius 1 is 1.29 bits per heavy atom. The van der Waals surface area contributed by atoms with Crippen LogP contribution in [0.3, 0.4) is 0 Å². The second-order valence-corrected chi connectivity index (χ2v) is 5.99. The van der Waals surface area contributed by atoms with Gasteiger partial charge in [-0.25, -0.2) is 4.79 Å². The van der Waals surface area contributed by atoms with Crippen molar-refractivity contribution in [2.24, 2.45) is 5.41 Å². The molecule has 0 aromatic heterocycles. The first-order valence-corrected chi connectivity index (χ1v) is 7.69. The number of hydrogen-bond donors (Lipinski definition) is 2. The van der Waals surface area contributed by atoms with Crippen LogP contribution in [0.2, 0.25) is 0 Å². The largest absolute Gasteiger partial charge is 0.479 e. The third-order valence-corrected chi connectivity index (χ3v) is 5.29. The Labute approximate surface area is 125 Å². The van der Waals surface area contributed by atoms with Crippen molar-refractivity contribution in [2.45, 2.75) is 70.3 Å². The summed E-state index contributed by atoms with van der Waals surface area (Å²) in [5, 5.41) is 11.9. The van der Waals surface area contributed by atoms with E-state index >= 15 is 0 Å². The van der Waals surface area contributed by atoms with E-state index in [1.807, 2.05) is 0 Å². The molecule has 0 radical (unpaired) electrons. The van der Waals surface area contributed by atoms with Gasteiger partial charge in [0.1, 0.15) is 6.10 Å². The van der Waals surface area contributed by atoms with E-state index in [2.05, 4.69) is 19.2 Å². The smallest absolute Gasteiger partial charge is 0.332 e. The van der Waals surface area contributed by atoms with E-state index in [0.29, 0.717) is 12.8 Å². The Balaban J connectivity index is 1.93. The van der Waals surface area contributed by atoms with Crippen LogP contribution in [0.25, 0.3) is 0 Å². The molecule has 21 heavy (non-hydrogen) atoms. The molecule has 2 fully saturated rings. The Morgan fingerprint density at radius 3 is 2.38 bits per heavy atom. The Kier molecular flexibility index (Phi) is 4.88. The number of amides is 1. The molecule has 0 spiro atoms. The minimum absolute atomic E-state index is 0.0186. The molecule has 1 amide bonds. The molecule has 1 aliphatic heterocycles. The third-order valence-electron chi connectivity index (χ3n) is 5.29. The van der Waals surface area contributed by atoms with Crippen molar-refractivity contribution in [3.8, 4) is 0 Å². The number of rotatable bonds is 6. The second-order valence-electron chi connectivity index (χ2n) is 5.99. The molecule has 1 aliphatic carbocycles. The summed E-state index contributed by atoms with van der Waals surface area (Å²) in [6.45, 7) is 4.22. The molecular formula is C15H25NO5. The molecule has 0 aromatic rings. The van der Waals surface area contributed by atoms with Gasteiger partial charge in [-0.3, -0.25) is 4.79 Å². The fourth-order valence-corrected chi connectivity index (χ4v) is 3.76. The number of carbonyl (C=O) groups is 2. The summed E-state index contributed by atoms with van der Waals surface area (Å²) >= 11 is 0. The maximum absolute atomic E-state index is 12.3. The Morgan fingerprint density at radius 2 is 1.90 bits per heavy atom. The molecule has 2 aliphatic rings. The van der Waals surface area contributed by atoms with Crippen molar-refractivity contribution in [3.63, 3.8) is 0 Å². The minimum Gasteiger partial charge on any atom is -0.479 e. The number of carboxylic acids is 1. The molecule has 2 unspecified atom stereocenters. The van der Waals surface area contributed by atoms with Crippen LogP contribution < -0.4 is 5.32 Å². The monoisotopic (exact) mass is 299 g/mol. The van der Waals surface area contributed by atoms with E-state index in [1.54, 1.807) is 7.11 Å². The molecule has 1 heterocycles. The highest BCUT2D eigenvalue weighted by molar-refractivity contribution is 5.83. The van der Waals surface area contributed by atoms with Gasteiger partial charge < -0.3 is 19.9 Å². The fourth-order valence-electron chi connectivity index (χ4n) is 3.76. The predicted octanol–water partition coefficient (Wildman–Crippen LogP) is 1.33. The highest BCUT2D eigenvalue weighted by Crippen LogP contribution is 2.48. The van der Waals surface area contributed by atoms with Gasteiger partial charge in [0.25, 0.3) is 0 Å². The maximum Gasteiger partial charge on any atom is 0.332 e. The summed E-state index contributed by atoms with van der Waals surface area (Å²) in [6.07, 6.45) is 2.23. The SMILES string of the molecule is CCC1(CC)C(NC(=O)[C@@H]2CC[C@H](C(=O)O)O2)CC1OC. The number of ether oxygens (including phenoxy) is 2. The summed E-state index contributed by atoms with van der Waals surface area (Å²) < 4.78 is 10.8. The zero-order valence-corrected chi connectivity index (χ0v) is 12.9. The molecule has 2 N–H and O–H groups in total. The van der Waals surface area contributed by atoms with Crippen LogP contribution in [0.15, 0.2) is 0 Å². The molecular weight excluding hydrogens is 274 g/mol. The summed E-state index contributed by atoms with van der Waals surface area (Å²) in [6, 6.07) is 0.0810. The highest BCUT2D eigenvalue weighted by atomic mass is 16.5. The summed E-state index contributed by atoms with van der Waals surface area (Å²) in [5.41, 5.74) is -0.0186. The van der Waals surface area contributed by atoms with Crippen molar-refractivity contribution in [1.29, 1.82) is 0 Å². The first-order valence-electron chi connectivity index (χ1n) is 7.69. The topological polar surface area (TPSA) is 84.9 Å². The van der Waals surface area contributed by atoms with Crippen LogP contribution >= 0.6 is 0 Å². The number of carboxylic acid groups (broad SMARTS) is 1. The Hall–Kier alpha value is -1.14. The van der Waals surface area contributed by atoms with Gasteiger partial charge in [-0.2, -0.15) is 0 Å². The summed E-state index contributed by atoms with van der Waals surface area (Å²) in [4.78, 5) is 23.1. The molecule has 0 aromatic carbocycles. The zero-order valence-electron chi connectivity index (χ0n) is 12.9. The van der Waals surface area contributed by atoms with E-state index in [-0.39, 0.29) is 23.5 Å². The van der Waals surface area contributed by atoms with E-state index < -0.39 is 18.2 Å². The second kappa shape index (κ2) is 6.32. The lowest BCUT2D eigenvalue weighted by atomic mass is 9.58. The van der Waals surface area contributed by atoms with Crippen LogP contribution in [-0.2, 0) is 19.1 Å². The quantitative estimate of drug-likeness (QED) is 0.773. The van der Waals surface area contributed by atoms with Crippen molar-refractivity contribution in [1.82, 2.24) is 5.32 Å². The van der Waals surface area contributed by atoms with Gasteiger partial charge >= 0.3 is 5.97 Å².